The zero-order chi connectivity index (χ0) is 14.3. The van der Waals surface area contributed by atoms with Gasteiger partial charge in [-0.3, -0.25) is 0 Å². The van der Waals surface area contributed by atoms with Crippen molar-refractivity contribution in [2.24, 2.45) is 0 Å². The molecule has 1 rings (SSSR count). The number of ether oxygens (including phenoxy) is 2. The number of hydrogen-bond donors (Lipinski definition) is 1. The monoisotopic (exact) mass is 283 g/mol. The number of carbonyl (C=O) groups is 1. The summed E-state index contributed by atoms with van der Waals surface area (Å²) in [5.74, 6) is 0.322. The van der Waals surface area contributed by atoms with Crippen molar-refractivity contribution in [2.75, 3.05) is 20.3 Å². The molecule has 0 atom stereocenters. The summed E-state index contributed by atoms with van der Waals surface area (Å²) in [7, 11) is 1.59. The molecular formula is C14H18ClNO3. The third kappa shape index (κ3) is 4.58. The van der Waals surface area contributed by atoms with E-state index in [4.69, 9.17) is 21.1 Å². The summed E-state index contributed by atoms with van der Waals surface area (Å²) < 4.78 is 10.1. The first-order valence-electron chi connectivity index (χ1n) is 5.97. The second kappa shape index (κ2) is 7.81. The van der Waals surface area contributed by atoms with E-state index in [1.807, 2.05) is 12.1 Å². The fraction of sp³-hybridized carbons (Fsp3) is 0.357. The molecule has 19 heavy (non-hydrogen) atoms. The molecule has 0 radical (unpaired) electrons. The van der Waals surface area contributed by atoms with Crippen molar-refractivity contribution in [3.63, 3.8) is 0 Å². The van der Waals surface area contributed by atoms with Crippen LogP contribution in [0.4, 0.5) is 0 Å². The Morgan fingerprint density at radius 2 is 2.21 bits per heavy atom. The molecule has 0 aliphatic carbocycles. The molecular weight excluding hydrogens is 266 g/mol. The van der Waals surface area contributed by atoms with Crippen LogP contribution >= 0.6 is 11.6 Å². The fourth-order valence-corrected chi connectivity index (χ4v) is 1.78. The first kappa shape index (κ1) is 15.5. The van der Waals surface area contributed by atoms with Crippen molar-refractivity contribution in [3.8, 4) is 5.75 Å². The number of halogens is 1. The largest absolute Gasteiger partial charge is 0.496 e. The predicted octanol–water partition coefficient (Wildman–Crippen LogP) is 2.56. The predicted molar refractivity (Wildman–Crippen MR) is 75.5 cm³/mol. The smallest absolute Gasteiger partial charge is 0.334 e. The van der Waals surface area contributed by atoms with E-state index in [2.05, 4.69) is 11.9 Å². The van der Waals surface area contributed by atoms with Gasteiger partial charge in [-0.15, -0.1) is 0 Å². The Labute approximate surface area is 118 Å². The summed E-state index contributed by atoms with van der Waals surface area (Å²) in [5.41, 5.74) is 1.23. The Hall–Kier alpha value is -1.52. The van der Waals surface area contributed by atoms with Gasteiger partial charge in [0, 0.05) is 29.2 Å². The molecule has 0 saturated heterocycles. The molecule has 4 nitrogen and oxygen atoms in total. The van der Waals surface area contributed by atoms with Crippen LogP contribution in [0.2, 0.25) is 5.02 Å². The third-order valence-electron chi connectivity index (χ3n) is 2.50. The van der Waals surface area contributed by atoms with Crippen LogP contribution < -0.4 is 10.1 Å². The zero-order valence-corrected chi connectivity index (χ0v) is 11.9. The molecule has 1 aromatic carbocycles. The molecule has 0 aliphatic heterocycles. The molecule has 0 saturated carbocycles. The van der Waals surface area contributed by atoms with Crippen LogP contribution in [-0.2, 0) is 16.1 Å². The lowest BCUT2D eigenvalue weighted by Crippen LogP contribution is -2.22. The number of methoxy groups -OCH3 is 1. The summed E-state index contributed by atoms with van der Waals surface area (Å²) in [5, 5.41) is 3.71. The van der Waals surface area contributed by atoms with E-state index in [1.165, 1.54) is 0 Å². The van der Waals surface area contributed by atoms with Crippen LogP contribution in [0, 0.1) is 0 Å². The lowest BCUT2D eigenvalue weighted by atomic mass is 10.2. The van der Waals surface area contributed by atoms with Gasteiger partial charge in [0.25, 0.3) is 0 Å². The number of esters is 1. The maximum atomic E-state index is 11.4. The van der Waals surface area contributed by atoms with Gasteiger partial charge in [0.2, 0.25) is 0 Å². The molecule has 0 heterocycles. The molecule has 0 bridgehead atoms. The van der Waals surface area contributed by atoms with E-state index in [-0.39, 0.29) is 5.97 Å². The molecule has 0 aromatic heterocycles. The van der Waals surface area contributed by atoms with Gasteiger partial charge in [0.05, 0.1) is 13.7 Å². The van der Waals surface area contributed by atoms with Crippen LogP contribution in [-0.4, -0.2) is 26.2 Å². The van der Waals surface area contributed by atoms with Crippen molar-refractivity contribution in [2.45, 2.75) is 13.5 Å². The third-order valence-corrected chi connectivity index (χ3v) is 2.85. The van der Waals surface area contributed by atoms with Gasteiger partial charge >= 0.3 is 5.97 Å². The van der Waals surface area contributed by atoms with Gasteiger partial charge in [-0.05, 0) is 19.1 Å². The molecule has 0 fully saturated rings. The molecule has 0 aliphatic rings. The van der Waals surface area contributed by atoms with E-state index >= 15 is 0 Å². The molecule has 0 unspecified atom stereocenters. The molecule has 1 N–H and O–H groups in total. The highest BCUT2D eigenvalue weighted by atomic mass is 35.5. The van der Waals surface area contributed by atoms with E-state index in [0.29, 0.717) is 36.0 Å². The van der Waals surface area contributed by atoms with E-state index in [1.54, 1.807) is 20.1 Å². The number of benzene rings is 1. The Kier molecular flexibility index (Phi) is 6.39. The number of carbonyl (C=O) groups excluding carboxylic acids is 1. The number of rotatable bonds is 7. The summed E-state index contributed by atoms with van der Waals surface area (Å²) in [6, 6.07) is 5.45. The second-order valence-corrected chi connectivity index (χ2v) is 4.26. The normalized spacial score (nSPS) is 10.1. The summed E-state index contributed by atoms with van der Waals surface area (Å²) in [4.78, 5) is 11.4. The van der Waals surface area contributed by atoms with Crippen molar-refractivity contribution in [1.82, 2.24) is 5.32 Å². The first-order valence-corrected chi connectivity index (χ1v) is 6.35. The Bertz CT molecular complexity index is 460. The van der Waals surface area contributed by atoms with Crippen molar-refractivity contribution in [3.05, 3.63) is 40.9 Å². The summed E-state index contributed by atoms with van der Waals surface area (Å²) in [6.45, 7) is 6.60. The summed E-state index contributed by atoms with van der Waals surface area (Å²) >= 11 is 6.10. The minimum absolute atomic E-state index is 0.340. The van der Waals surface area contributed by atoms with Crippen LogP contribution in [0.5, 0.6) is 5.75 Å². The highest BCUT2D eigenvalue weighted by Crippen LogP contribution is 2.25. The SMILES string of the molecule is C=C(CNCc1c(Cl)cccc1OC)C(=O)OCC. The Morgan fingerprint density at radius 3 is 2.84 bits per heavy atom. The van der Waals surface area contributed by atoms with E-state index in [9.17, 15) is 4.79 Å². The summed E-state index contributed by atoms with van der Waals surface area (Å²) in [6.07, 6.45) is 0. The van der Waals surface area contributed by atoms with Gasteiger partial charge in [0.15, 0.2) is 0 Å². The van der Waals surface area contributed by atoms with Crippen LogP contribution in [0.1, 0.15) is 12.5 Å². The minimum Gasteiger partial charge on any atom is -0.496 e. The van der Waals surface area contributed by atoms with Crippen LogP contribution in [0.15, 0.2) is 30.4 Å². The van der Waals surface area contributed by atoms with Crippen molar-refractivity contribution < 1.29 is 14.3 Å². The first-order chi connectivity index (χ1) is 9.10. The average molecular weight is 284 g/mol. The quantitative estimate of drug-likeness (QED) is 0.617. The molecule has 0 amide bonds. The van der Waals surface area contributed by atoms with Gasteiger partial charge in [-0.1, -0.05) is 24.2 Å². The van der Waals surface area contributed by atoms with Crippen LogP contribution in [0.3, 0.4) is 0 Å². The van der Waals surface area contributed by atoms with Gasteiger partial charge < -0.3 is 14.8 Å². The highest BCUT2D eigenvalue weighted by Gasteiger charge is 2.10. The van der Waals surface area contributed by atoms with Crippen molar-refractivity contribution in [1.29, 1.82) is 0 Å². The van der Waals surface area contributed by atoms with E-state index < -0.39 is 0 Å². The number of nitrogens with one attached hydrogen (secondary N) is 1. The lowest BCUT2D eigenvalue weighted by molar-refractivity contribution is -0.138. The van der Waals surface area contributed by atoms with Crippen molar-refractivity contribution >= 4 is 17.6 Å². The number of hydrogen-bond acceptors (Lipinski definition) is 4. The Balaban J connectivity index is 2.54. The molecule has 1 aromatic rings. The zero-order valence-electron chi connectivity index (χ0n) is 11.2. The van der Waals surface area contributed by atoms with E-state index in [0.717, 1.165) is 5.56 Å². The second-order valence-electron chi connectivity index (χ2n) is 3.85. The topological polar surface area (TPSA) is 47.6 Å². The van der Waals surface area contributed by atoms with Gasteiger partial charge in [-0.25, -0.2) is 4.79 Å². The highest BCUT2D eigenvalue weighted by molar-refractivity contribution is 6.31. The van der Waals surface area contributed by atoms with Gasteiger partial charge in [-0.2, -0.15) is 0 Å². The minimum atomic E-state index is -0.388. The maximum Gasteiger partial charge on any atom is 0.334 e. The maximum absolute atomic E-state index is 11.4. The van der Waals surface area contributed by atoms with Crippen LogP contribution in [0.25, 0.3) is 0 Å². The average Bonchev–Trinajstić information content (AvgIpc) is 2.40. The standard InChI is InChI=1S/C14H18ClNO3/c1-4-19-14(17)10(2)8-16-9-11-12(15)6-5-7-13(11)18-3/h5-7,16H,2,4,8-9H2,1,3H3. The molecule has 104 valence electrons. The molecule has 0 spiro atoms. The van der Waals surface area contributed by atoms with Gasteiger partial charge in [0.1, 0.15) is 5.75 Å². The lowest BCUT2D eigenvalue weighted by Gasteiger charge is -2.12. The fourth-order valence-electron chi connectivity index (χ4n) is 1.55. The Morgan fingerprint density at radius 1 is 1.47 bits per heavy atom. The molecule has 5 heteroatoms.